The summed E-state index contributed by atoms with van der Waals surface area (Å²) in [5, 5.41) is 23.6. The predicted octanol–water partition coefficient (Wildman–Crippen LogP) is 4.12. The zero-order chi connectivity index (χ0) is 18.8. The minimum atomic E-state index is -0.625. The highest BCUT2D eigenvalue weighted by Gasteiger charge is 2.19. The number of benzene rings is 2. The van der Waals surface area contributed by atoms with E-state index in [1.54, 1.807) is 19.1 Å². The first-order valence-corrected chi connectivity index (χ1v) is 8.19. The lowest BCUT2D eigenvalue weighted by atomic mass is 10.2. The van der Waals surface area contributed by atoms with Gasteiger partial charge in [0.2, 0.25) is 0 Å². The van der Waals surface area contributed by atoms with Crippen molar-refractivity contribution in [2.45, 2.75) is 6.92 Å². The fourth-order valence-electron chi connectivity index (χ4n) is 2.24. The zero-order valence-electron chi connectivity index (χ0n) is 13.4. The maximum Gasteiger partial charge on any atom is 0.271 e. The molecule has 0 fully saturated rings. The van der Waals surface area contributed by atoms with Crippen molar-refractivity contribution in [1.82, 2.24) is 4.98 Å². The Labute approximate surface area is 150 Å². The minimum Gasteiger partial charge on any atom is -0.506 e. The number of carbonyl (C=O) groups is 1. The van der Waals surface area contributed by atoms with Gasteiger partial charge in [-0.05, 0) is 37.3 Å². The van der Waals surface area contributed by atoms with Crippen molar-refractivity contribution in [3.8, 4) is 16.3 Å². The minimum absolute atomic E-state index is 0.0691. The number of anilines is 1. The van der Waals surface area contributed by atoms with Gasteiger partial charge in [-0.2, -0.15) is 0 Å². The van der Waals surface area contributed by atoms with Gasteiger partial charge in [-0.1, -0.05) is 0 Å². The number of hydrogen-bond donors (Lipinski definition) is 2. The summed E-state index contributed by atoms with van der Waals surface area (Å²) in [5.74, 6) is -1.21. The second-order valence-electron chi connectivity index (χ2n) is 5.35. The van der Waals surface area contributed by atoms with Crippen LogP contribution < -0.4 is 5.32 Å². The van der Waals surface area contributed by atoms with Crippen molar-refractivity contribution in [2.24, 2.45) is 0 Å². The molecule has 132 valence electrons. The van der Waals surface area contributed by atoms with Gasteiger partial charge in [0, 0.05) is 17.7 Å². The number of thiazole rings is 1. The monoisotopic (exact) mass is 373 g/mol. The van der Waals surface area contributed by atoms with Crippen LogP contribution in [0.3, 0.4) is 0 Å². The van der Waals surface area contributed by atoms with Crippen molar-refractivity contribution >= 4 is 28.6 Å². The summed E-state index contributed by atoms with van der Waals surface area (Å²) < 4.78 is 13.0. The van der Waals surface area contributed by atoms with Crippen molar-refractivity contribution in [1.29, 1.82) is 0 Å². The maximum absolute atomic E-state index is 13.0. The van der Waals surface area contributed by atoms with Gasteiger partial charge >= 0.3 is 0 Å². The third kappa shape index (κ3) is 3.52. The van der Waals surface area contributed by atoms with Crippen LogP contribution in [-0.4, -0.2) is 20.9 Å². The maximum atomic E-state index is 13.0. The van der Waals surface area contributed by atoms with E-state index < -0.39 is 10.8 Å². The van der Waals surface area contributed by atoms with E-state index in [9.17, 15) is 24.4 Å². The van der Waals surface area contributed by atoms with Crippen LogP contribution in [0.5, 0.6) is 5.75 Å². The van der Waals surface area contributed by atoms with Gasteiger partial charge in [-0.25, -0.2) is 9.37 Å². The lowest BCUT2D eigenvalue weighted by Crippen LogP contribution is -2.11. The lowest BCUT2D eigenvalue weighted by Gasteiger charge is -2.06. The smallest absolute Gasteiger partial charge is 0.271 e. The summed E-state index contributed by atoms with van der Waals surface area (Å²) in [6, 6.07) is 9.06. The van der Waals surface area contributed by atoms with Crippen molar-refractivity contribution in [2.75, 3.05) is 5.32 Å². The van der Waals surface area contributed by atoms with E-state index in [4.69, 9.17) is 0 Å². The number of nitrogens with zero attached hydrogens (tertiary/aromatic N) is 2. The van der Waals surface area contributed by atoms with Gasteiger partial charge in [0.15, 0.2) is 0 Å². The van der Waals surface area contributed by atoms with Gasteiger partial charge in [-0.3, -0.25) is 14.9 Å². The summed E-state index contributed by atoms with van der Waals surface area (Å²) in [4.78, 5) is 27.3. The highest BCUT2D eigenvalue weighted by atomic mass is 32.1. The second-order valence-corrected chi connectivity index (χ2v) is 6.35. The van der Waals surface area contributed by atoms with Crippen LogP contribution in [-0.2, 0) is 0 Å². The Morgan fingerprint density at radius 1 is 1.27 bits per heavy atom. The highest BCUT2D eigenvalue weighted by Crippen LogP contribution is 2.31. The average Bonchev–Trinajstić information content (AvgIpc) is 2.99. The molecule has 0 saturated carbocycles. The highest BCUT2D eigenvalue weighted by molar-refractivity contribution is 7.17. The number of carbonyl (C=O) groups excluding carboxylic acids is 1. The number of nitro benzene ring substituents is 1. The number of hydrogen-bond acceptors (Lipinski definition) is 6. The average molecular weight is 373 g/mol. The Morgan fingerprint density at radius 2 is 1.96 bits per heavy atom. The van der Waals surface area contributed by atoms with Crippen molar-refractivity contribution < 1.29 is 19.2 Å². The van der Waals surface area contributed by atoms with Gasteiger partial charge < -0.3 is 10.4 Å². The second kappa shape index (κ2) is 6.89. The van der Waals surface area contributed by atoms with Crippen LogP contribution in [0.25, 0.3) is 10.6 Å². The van der Waals surface area contributed by atoms with Crippen LogP contribution >= 0.6 is 11.3 Å². The fraction of sp³-hybridized carbons (Fsp3) is 0.0588. The van der Waals surface area contributed by atoms with Crippen molar-refractivity contribution in [3.63, 3.8) is 0 Å². The first kappa shape index (κ1) is 17.5. The molecule has 2 N–H and O–H groups in total. The van der Waals surface area contributed by atoms with Gasteiger partial charge in [-0.15, -0.1) is 11.3 Å². The number of rotatable bonds is 4. The molecule has 26 heavy (non-hydrogen) atoms. The third-order valence-electron chi connectivity index (χ3n) is 3.53. The molecule has 2 aromatic carbocycles. The molecule has 9 heteroatoms. The molecule has 7 nitrogen and oxygen atoms in total. The molecule has 0 spiro atoms. The van der Waals surface area contributed by atoms with E-state index in [0.29, 0.717) is 16.3 Å². The molecule has 0 unspecified atom stereocenters. The van der Waals surface area contributed by atoms with Crippen LogP contribution in [0.1, 0.15) is 15.4 Å². The molecule has 0 bridgehead atoms. The Hall–Kier alpha value is -3.33. The SMILES string of the molecule is Cc1nc(-c2ccc(F)cc2)sc1C(=O)Nc1cc([N+](=O)[O-])ccc1O. The molecular formula is C17H12FN3O4S. The molecule has 0 atom stereocenters. The van der Waals surface area contributed by atoms with Crippen LogP contribution in [0, 0.1) is 22.9 Å². The summed E-state index contributed by atoms with van der Waals surface area (Å²) in [6.07, 6.45) is 0. The topological polar surface area (TPSA) is 105 Å². The Balaban J connectivity index is 1.88. The molecule has 1 amide bonds. The van der Waals surface area contributed by atoms with Crippen molar-refractivity contribution in [3.05, 3.63) is 69.0 Å². The summed E-state index contributed by atoms with van der Waals surface area (Å²) in [6.45, 7) is 1.64. The van der Waals surface area contributed by atoms with E-state index in [2.05, 4.69) is 10.3 Å². The lowest BCUT2D eigenvalue weighted by molar-refractivity contribution is -0.384. The Kier molecular flexibility index (Phi) is 4.63. The molecular weight excluding hydrogens is 361 g/mol. The molecule has 0 aliphatic rings. The van der Waals surface area contributed by atoms with E-state index in [-0.39, 0.29) is 27.8 Å². The number of aromatic nitrogens is 1. The van der Waals surface area contributed by atoms with Gasteiger partial charge in [0.25, 0.3) is 11.6 Å². The first-order valence-electron chi connectivity index (χ1n) is 7.37. The van der Waals surface area contributed by atoms with Crippen LogP contribution in [0.4, 0.5) is 15.8 Å². The first-order chi connectivity index (χ1) is 12.3. The normalized spacial score (nSPS) is 10.5. The molecule has 1 aromatic heterocycles. The molecule has 3 aromatic rings. The number of nitro groups is 1. The van der Waals surface area contributed by atoms with E-state index in [0.717, 1.165) is 29.5 Å². The number of phenolic OH excluding ortho intramolecular Hbond substituents is 1. The number of amides is 1. The number of aromatic hydroxyl groups is 1. The third-order valence-corrected chi connectivity index (χ3v) is 4.74. The number of aryl methyl sites for hydroxylation is 1. The molecule has 0 radical (unpaired) electrons. The van der Waals surface area contributed by atoms with Gasteiger partial charge in [0.05, 0.1) is 16.3 Å². The summed E-state index contributed by atoms with van der Waals surface area (Å²) >= 11 is 1.10. The number of non-ortho nitro benzene ring substituents is 1. The standard InChI is InChI=1S/C17H12FN3O4S/c1-9-15(26-17(19-9)10-2-4-11(18)5-3-10)16(23)20-13-8-12(21(24)25)6-7-14(13)22/h2-8,22H,1H3,(H,20,23). The molecule has 0 saturated heterocycles. The fourth-order valence-corrected chi connectivity index (χ4v) is 3.21. The summed E-state index contributed by atoms with van der Waals surface area (Å²) in [7, 11) is 0. The predicted molar refractivity (Wildman–Crippen MR) is 95.0 cm³/mol. The van der Waals surface area contributed by atoms with E-state index >= 15 is 0 Å². The number of nitrogens with one attached hydrogen (secondary N) is 1. The molecule has 0 aliphatic heterocycles. The largest absolute Gasteiger partial charge is 0.506 e. The van der Waals surface area contributed by atoms with E-state index in [1.165, 1.54) is 12.1 Å². The van der Waals surface area contributed by atoms with E-state index in [1.807, 2.05) is 0 Å². The van der Waals surface area contributed by atoms with Gasteiger partial charge in [0.1, 0.15) is 21.5 Å². The number of halogens is 1. The Bertz CT molecular complexity index is 1000. The van der Waals surface area contributed by atoms with Crippen LogP contribution in [0.2, 0.25) is 0 Å². The molecule has 1 heterocycles. The number of phenols is 1. The molecule has 0 aliphatic carbocycles. The quantitative estimate of drug-likeness (QED) is 0.406. The summed E-state index contributed by atoms with van der Waals surface area (Å²) in [5.41, 5.74) is 0.792. The Morgan fingerprint density at radius 3 is 2.62 bits per heavy atom. The molecule has 3 rings (SSSR count). The van der Waals surface area contributed by atoms with Crippen LogP contribution in [0.15, 0.2) is 42.5 Å². The zero-order valence-corrected chi connectivity index (χ0v) is 14.2.